The molecule has 1 aliphatic heterocycles. The Balaban J connectivity index is 1.89. The molecule has 2 amide bonds. The van der Waals surface area contributed by atoms with Crippen molar-refractivity contribution >= 4 is 27.7 Å². The number of hydrazine groups is 1. The van der Waals surface area contributed by atoms with E-state index < -0.39 is 27.6 Å². The number of carbonyl (C=O) groups is 2. The molecule has 0 spiro atoms. The van der Waals surface area contributed by atoms with Crippen LogP contribution in [0.3, 0.4) is 0 Å². The maximum atomic E-state index is 11.8. The van der Waals surface area contributed by atoms with Crippen molar-refractivity contribution in [2.24, 2.45) is 5.92 Å². The number of ether oxygens (including phenoxy) is 1. The van der Waals surface area contributed by atoms with Crippen LogP contribution >= 0.6 is 0 Å². The van der Waals surface area contributed by atoms with Gasteiger partial charge in [-0.3, -0.25) is 20.4 Å². The van der Waals surface area contributed by atoms with Crippen LogP contribution in [-0.2, 0) is 19.4 Å². The molecule has 130 valence electrons. The van der Waals surface area contributed by atoms with Crippen molar-refractivity contribution in [2.45, 2.75) is 13.3 Å². The highest BCUT2D eigenvalue weighted by molar-refractivity contribution is 7.91. The molecule has 0 saturated carbocycles. The predicted molar refractivity (Wildman–Crippen MR) is 89.8 cm³/mol. The zero-order valence-corrected chi connectivity index (χ0v) is 14.4. The molecule has 8 heteroatoms. The number of aryl methyl sites for hydroxylation is 1. The fourth-order valence-electron chi connectivity index (χ4n) is 2.42. The van der Waals surface area contributed by atoms with Crippen LogP contribution in [0.2, 0.25) is 0 Å². The molecule has 24 heavy (non-hydrogen) atoms. The summed E-state index contributed by atoms with van der Waals surface area (Å²) < 4.78 is 27.9. The summed E-state index contributed by atoms with van der Waals surface area (Å²) >= 11 is 0. The molecule has 1 saturated heterocycles. The average Bonchev–Trinajstić information content (AvgIpc) is 2.91. The molecule has 2 N–H and O–H groups in total. The van der Waals surface area contributed by atoms with E-state index in [9.17, 15) is 18.0 Å². The lowest BCUT2D eigenvalue weighted by Crippen LogP contribution is -2.44. The van der Waals surface area contributed by atoms with Gasteiger partial charge in [0.05, 0.1) is 24.5 Å². The van der Waals surface area contributed by atoms with Crippen molar-refractivity contribution in [3.63, 3.8) is 0 Å². The van der Waals surface area contributed by atoms with E-state index in [1.54, 1.807) is 12.1 Å². The molecule has 1 fully saturated rings. The summed E-state index contributed by atoms with van der Waals surface area (Å²) in [6.45, 7) is 1.92. The van der Waals surface area contributed by atoms with Crippen LogP contribution in [0.25, 0.3) is 6.08 Å². The first kappa shape index (κ1) is 18.0. The van der Waals surface area contributed by atoms with Crippen molar-refractivity contribution in [3.05, 3.63) is 35.4 Å². The third kappa shape index (κ3) is 4.82. The highest BCUT2D eigenvalue weighted by Gasteiger charge is 2.32. The largest absolute Gasteiger partial charge is 0.496 e. The van der Waals surface area contributed by atoms with Crippen LogP contribution in [0.4, 0.5) is 0 Å². The van der Waals surface area contributed by atoms with E-state index in [4.69, 9.17) is 4.74 Å². The molecule has 7 nitrogen and oxygen atoms in total. The first-order valence-electron chi connectivity index (χ1n) is 7.44. The molecule has 2 rings (SSSR count). The molecule has 0 bridgehead atoms. The number of rotatable bonds is 4. The van der Waals surface area contributed by atoms with Gasteiger partial charge in [-0.2, -0.15) is 0 Å². The van der Waals surface area contributed by atoms with Crippen LogP contribution in [-0.4, -0.2) is 38.8 Å². The minimum absolute atomic E-state index is 0.00604. The predicted octanol–water partition coefficient (Wildman–Crippen LogP) is 0.599. The van der Waals surface area contributed by atoms with E-state index in [0.29, 0.717) is 5.75 Å². The van der Waals surface area contributed by atoms with Crippen molar-refractivity contribution in [1.29, 1.82) is 0 Å². The van der Waals surface area contributed by atoms with Crippen molar-refractivity contribution < 1.29 is 22.7 Å². The van der Waals surface area contributed by atoms with E-state index in [-0.39, 0.29) is 17.9 Å². The Morgan fingerprint density at radius 2 is 2.04 bits per heavy atom. The smallest absolute Gasteiger partial charge is 0.262 e. The number of amides is 2. The van der Waals surface area contributed by atoms with Gasteiger partial charge in [0, 0.05) is 11.6 Å². The molecule has 0 unspecified atom stereocenters. The number of benzene rings is 1. The fraction of sp³-hybridized carbons (Fsp3) is 0.375. The maximum absolute atomic E-state index is 11.8. The Bertz CT molecular complexity index is 771. The van der Waals surface area contributed by atoms with E-state index in [2.05, 4.69) is 10.9 Å². The number of nitrogens with one attached hydrogen (secondary N) is 2. The van der Waals surface area contributed by atoms with Crippen molar-refractivity contribution in [3.8, 4) is 5.75 Å². The molecule has 1 aliphatic rings. The normalized spacial score (nSPS) is 19.2. The Morgan fingerprint density at radius 1 is 1.29 bits per heavy atom. The van der Waals surface area contributed by atoms with Crippen LogP contribution in [0.1, 0.15) is 17.5 Å². The summed E-state index contributed by atoms with van der Waals surface area (Å²) in [5, 5.41) is 0. The van der Waals surface area contributed by atoms with Gasteiger partial charge in [-0.25, -0.2) is 8.42 Å². The van der Waals surface area contributed by atoms with Gasteiger partial charge in [0.1, 0.15) is 5.75 Å². The molecule has 0 radical (unpaired) electrons. The summed E-state index contributed by atoms with van der Waals surface area (Å²) in [5.74, 6) is -1.17. The summed E-state index contributed by atoms with van der Waals surface area (Å²) in [6.07, 6.45) is 3.12. The van der Waals surface area contributed by atoms with Gasteiger partial charge in [0.25, 0.3) is 5.91 Å². The molecular weight excluding hydrogens is 332 g/mol. The van der Waals surface area contributed by atoms with Gasteiger partial charge in [-0.05, 0) is 31.6 Å². The first-order valence-corrected chi connectivity index (χ1v) is 9.26. The van der Waals surface area contributed by atoms with E-state index in [0.717, 1.165) is 11.1 Å². The number of hydrogen-bond donors (Lipinski definition) is 2. The van der Waals surface area contributed by atoms with E-state index >= 15 is 0 Å². The second kappa shape index (κ2) is 7.48. The summed E-state index contributed by atoms with van der Waals surface area (Å²) in [4.78, 5) is 23.6. The Morgan fingerprint density at radius 3 is 2.67 bits per heavy atom. The highest BCUT2D eigenvalue weighted by Crippen LogP contribution is 2.21. The van der Waals surface area contributed by atoms with Gasteiger partial charge in [-0.15, -0.1) is 0 Å². The molecule has 0 aliphatic carbocycles. The minimum Gasteiger partial charge on any atom is -0.496 e. The second-order valence-corrected chi connectivity index (χ2v) is 7.89. The van der Waals surface area contributed by atoms with Gasteiger partial charge in [0.15, 0.2) is 9.84 Å². The number of hydrogen-bond acceptors (Lipinski definition) is 5. The lowest BCUT2D eigenvalue weighted by molar-refractivity contribution is -0.129. The van der Waals surface area contributed by atoms with E-state index in [1.807, 2.05) is 19.1 Å². The lowest BCUT2D eigenvalue weighted by atomic mass is 10.1. The highest BCUT2D eigenvalue weighted by atomic mass is 32.2. The molecule has 1 heterocycles. The molecule has 1 aromatic rings. The average molecular weight is 352 g/mol. The van der Waals surface area contributed by atoms with Crippen LogP contribution in [0.5, 0.6) is 5.75 Å². The molecule has 0 aromatic heterocycles. The van der Waals surface area contributed by atoms with Gasteiger partial charge in [0.2, 0.25) is 5.91 Å². The van der Waals surface area contributed by atoms with Crippen LogP contribution < -0.4 is 15.6 Å². The third-order valence-corrected chi connectivity index (χ3v) is 5.48. The topological polar surface area (TPSA) is 102 Å². The molecule has 1 atom stereocenters. The standard InChI is InChI=1S/C16H20N2O5S/c1-11-3-5-14(23-2)12(9-11)4-6-15(19)17-18-16(20)13-7-8-24(21,22)10-13/h3-6,9,13H,7-8,10H2,1-2H3,(H,17,19)(H,18,20)/b6-4+/t13-/m1/s1. The Kier molecular flexibility index (Phi) is 5.61. The minimum atomic E-state index is -3.14. The Hall–Kier alpha value is -2.35. The SMILES string of the molecule is COc1ccc(C)cc1/C=C/C(=O)NNC(=O)[C@@H]1CCS(=O)(=O)C1. The number of sulfone groups is 1. The molecular formula is C16H20N2O5S. The van der Waals surface area contributed by atoms with Gasteiger partial charge in [-0.1, -0.05) is 11.6 Å². The first-order chi connectivity index (χ1) is 11.3. The Labute approximate surface area is 141 Å². The van der Waals surface area contributed by atoms with Crippen LogP contribution in [0, 0.1) is 12.8 Å². The van der Waals surface area contributed by atoms with E-state index in [1.165, 1.54) is 13.2 Å². The van der Waals surface area contributed by atoms with Crippen LogP contribution in [0.15, 0.2) is 24.3 Å². The molecule has 1 aromatic carbocycles. The quantitative estimate of drug-likeness (QED) is 0.610. The number of carbonyl (C=O) groups excluding carboxylic acids is 2. The van der Waals surface area contributed by atoms with Gasteiger partial charge >= 0.3 is 0 Å². The zero-order chi connectivity index (χ0) is 17.7. The lowest BCUT2D eigenvalue weighted by Gasteiger charge is -2.09. The maximum Gasteiger partial charge on any atom is 0.262 e. The summed E-state index contributed by atoms with van der Waals surface area (Å²) in [7, 11) is -1.60. The monoisotopic (exact) mass is 352 g/mol. The summed E-state index contributed by atoms with van der Waals surface area (Å²) in [5.41, 5.74) is 6.26. The van der Waals surface area contributed by atoms with Crippen molar-refractivity contribution in [1.82, 2.24) is 10.9 Å². The fourth-order valence-corrected chi connectivity index (χ4v) is 4.16. The number of methoxy groups -OCH3 is 1. The second-order valence-electron chi connectivity index (χ2n) is 5.66. The summed E-state index contributed by atoms with van der Waals surface area (Å²) in [6, 6.07) is 5.56. The van der Waals surface area contributed by atoms with Gasteiger partial charge < -0.3 is 4.74 Å². The van der Waals surface area contributed by atoms with Crippen molar-refractivity contribution in [2.75, 3.05) is 18.6 Å². The zero-order valence-electron chi connectivity index (χ0n) is 13.5. The third-order valence-electron chi connectivity index (χ3n) is 3.71.